The SMILES string of the molecule is CCCCCCCCCCC[n+]1cc[nH]c1CCCCCCC(C)C. The smallest absolute Gasteiger partial charge is 0.248 e. The highest BCUT2D eigenvalue weighted by atomic mass is 15.1. The fourth-order valence-corrected chi connectivity index (χ4v) is 3.61. The van der Waals surface area contributed by atoms with Gasteiger partial charge in [-0.25, -0.2) is 9.55 Å². The minimum Gasteiger partial charge on any atom is -0.248 e. The molecule has 0 atom stereocenters. The average Bonchev–Trinajstić information content (AvgIpc) is 3.03. The van der Waals surface area contributed by atoms with Crippen molar-refractivity contribution in [3.63, 3.8) is 0 Å². The molecule has 0 aliphatic carbocycles. The second kappa shape index (κ2) is 15.5. The molecule has 0 aromatic carbocycles. The molecular weight excluding hydrogens is 304 g/mol. The van der Waals surface area contributed by atoms with Crippen molar-refractivity contribution in [1.29, 1.82) is 0 Å². The minimum absolute atomic E-state index is 0.863. The Labute approximate surface area is 157 Å². The predicted octanol–water partition coefficient (Wildman–Crippen LogP) is 6.98. The number of rotatable bonds is 17. The molecular formula is C23H45N2+. The molecule has 0 unspecified atom stereocenters. The molecule has 1 N–H and O–H groups in total. The van der Waals surface area contributed by atoms with Crippen molar-refractivity contribution in [2.75, 3.05) is 0 Å². The molecule has 0 fully saturated rings. The summed E-state index contributed by atoms with van der Waals surface area (Å²) in [6.07, 6.45) is 25.1. The highest BCUT2D eigenvalue weighted by molar-refractivity contribution is 4.77. The Morgan fingerprint density at radius 2 is 1.40 bits per heavy atom. The van der Waals surface area contributed by atoms with Crippen LogP contribution in [0.4, 0.5) is 0 Å². The van der Waals surface area contributed by atoms with Gasteiger partial charge in [-0.3, -0.25) is 0 Å². The summed E-state index contributed by atoms with van der Waals surface area (Å²) in [4.78, 5) is 3.46. The second-order valence-electron chi connectivity index (χ2n) is 8.28. The van der Waals surface area contributed by atoms with E-state index in [2.05, 4.69) is 42.7 Å². The molecule has 1 aromatic rings. The van der Waals surface area contributed by atoms with Gasteiger partial charge in [0.2, 0.25) is 0 Å². The Morgan fingerprint density at radius 1 is 0.800 bits per heavy atom. The van der Waals surface area contributed by atoms with Gasteiger partial charge in [-0.2, -0.15) is 0 Å². The first kappa shape index (κ1) is 22.3. The molecule has 1 heterocycles. The van der Waals surface area contributed by atoms with Crippen molar-refractivity contribution < 1.29 is 4.57 Å². The number of nitrogens with zero attached hydrogens (tertiary/aromatic N) is 1. The maximum atomic E-state index is 3.46. The van der Waals surface area contributed by atoms with E-state index in [9.17, 15) is 0 Å². The van der Waals surface area contributed by atoms with E-state index in [1.54, 1.807) is 0 Å². The van der Waals surface area contributed by atoms with Crippen LogP contribution >= 0.6 is 0 Å². The molecule has 2 nitrogen and oxygen atoms in total. The Balaban J connectivity index is 2.01. The van der Waals surface area contributed by atoms with Crippen molar-refractivity contribution in [3.8, 4) is 0 Å². The zero-order valence-corrected chi connectivity index (χ0v) is 17.5. The fourth-order valence-electron chi connectivity index (χ4n) is 3.61. The van der Waals surface area contributed by atoms with Crippen LogP contribution in [0.15, 0.2) is 12.4 Å². The topological polar surface area (TPSA) is 19.7 Å². The van der Waals surface area contributed by atoms with Crippen molar-refractivity contribution in [3.05, 3.63) is 18.2 Å². The van der Waals surface area contributed by atoms with Gasteiger partial charge in [-0.15, -0.1) is 0 Å². The van der Waals surface area contributed by atoms with Gasteiger partial charge in [0.1, 0.15) is 12.4 Å². The Bertz CT molecular complexity index is 395. The maximum Gasteiger partial charge on any atom is 0.254 e. The van der Waals surface area contributed by atoms with Gasteiger partial charge in [0.15, 0.2) is 0 Å². The summed E-state index contributed by atoms with van der Waals surface area (Å²) in [6.45, 7) is 8.14. The largest absolute Gasteiger partial charge is 0.254 e. The molecule has 1 rings (SSSR count). The van der Waals surface area contributed by atoms with Gasteiger partial charge in [0.05, 0.1) is 6.54 Å². The third kappa shape index (κ3) is 12.2. The number of hydrogen-bond donors (Lipinski definition) is 1. The average molecular weight is 350 g/mol. The Kier molecular flexibility index (Phi) is 13.8. The van der Waals surface area contributed by atoms with Gasteiger partial charge in [-0.05, 0) is 25.2 Å². The van der Waals surface area contributed by atoms with Gasteiger partial charge >= 0.3 is 0 Å². The number of aromatic nitrogens is 2. The number of H-pyrrole nitrogens is 1. The van der Waals surface area contributed by atoms with Crippen LogP contribution < -0.4 is 4.57 Å². The highest BCUT2D eigenvalue weighted by Gasteiger charge is 2.09. The first-order valence-electron chi connectivity index (χ1n) is 11.3. The van der Waals surface area contributed by atoms with Crippen molar-refractivity contribution in [2.24, 2.45) is 5.92 Å². The zero-order chi connectivity index (χ0) is 18.2. The summed E-state index contributed by atoms with van der Waals surface area (Å²) < 4.78 is 2.45. The van der Waals surface area contributed by atoms with Crippen LogP contribution in [0.5, 0.6) is 0 Å². The van der Waals surface area contributed by atoms with E-state index in [0.29, 0.717) is 0 Å². The molecule has 146 valence electrons. The monoisotopic (exact) mass is 349 g/mol. The quantitative estimate of drug-likeness (QED) is 0.231. The van der Waals surface area contributed by atoms with E-state index in [1.165, 1.54) is 109 Å². The summed E-state index contributed by atoms with van der Waals surface area (Å²) in [5, 5.41) is 0. The first-order chi connectivity index (χ1) is 12.2. The molecule has 0 spiro atoms. The summed E-state index contributed by atoms with van der Waals surface area (Å²) >= 11 is 0. The van der Waals surface area contributed by atoms with E-state index in [4.69, 9.17) is 0 Å². The number of aryl methyl sites for hydroxylation is 2. The second-order valence-corrected chi connectivity index (χ2v) is 8.28. The lowest BCUT2D eigenvalue weighted by molar-refractivity contribution is -0.703. The summed E-state index contributed by atoms with van der Waals surface area (Å²) in [5.74, 6) is 2.30. The molecule has 0 amide bonds. The van der Waals surface area contributed by atoms with Gasteiger partial charge in [0.25, 0.3) is 5.82 Å². The lowest BCUT2D eigenvalue weighted by Gasteiger charge is -2.04. The number of imidazole rings is 1. The normalized spacial score (nSPS) is 11.5. The molecule has 0 radical (unpaired) electrons. The van der Waals surface area contributed by atoms with Crippen LogP contribution in [0.1, 0.15) is 116 Å². The molecule has 0 aliphatic heterocycles. The number of nitrogens with one attached hydrogen (secondary N) is 1. The van der Waals surface area contributed by atoms with Gasteiger partial charge < -0.3 is 0 Å². The molecule has 1 aromatic heterocycles. The van der Waals surface area contributed by atoms with E-state index in [1.807, 2.05) is 0 Å². The maximum absolute atomic E-state index is 3.46. The van der Waals surface area contributed by atoms with Crippen molar-refractivity contribution in [2.45, 2.75) is 124 Å². The van der Waals surface area contributed by atoms with Crippen LogP contribution in [-0.4, -0.2) is 4.98 Å². The number of unbranched alkanes of at least 4 members (excludes halogenated alkanes) is 11. The standard InChI is InChI=1S/C23H44N2/c1-4-5-6-7-8-9-10-13-16-20-25-21-19-24-23(25)18-15-12-11-14-17-22(2)3/h19,21-22H,4-18,20H2,1-3H3/p+1. The van der Waals surface area contributed by atoms with Crippen molar-refractivity contribution >= 4 is 0 Å². The summed E-state index contributed by atoms with van der Waals surface area (Å²) in [6, 6.07) is 0. The third-order valence-electron chi connectivity index (χ3n) is 5.30. The fraction of sp³-hybridized carbons (Fsp3) is 0.870. The van der Waals surface area contributed by atoms with E-state index in [-0.39, 0.29) is 0 Å². The molecule has 0 bridgehead atoms. The first-order valence-corrected chi connectivity index (χ1v) is 11.3. The van der Waals surface area contributed by atoms with Crippen LogP contribution in [0, 0.1) is 5.92 Å². The number of hydrogen-bond acceptors (Lipinski definition) is 0. The van der Waals surface area contributed by atoms with E-state index >= 15 is 0 Å². The molecule has 0 saturated heterocycles. The lowest BCUT2D eigenvalue weighted by Crippen LogP contribution is -2.36. The summed E-state index contributed by atoms with van der Waals surface area (Å²) in [5.41, 5.74) is 0. The third-order valence-corrected chi connectivity index (χ3v) is 5.30. The predicted molar refractivity (Wildman–Crippen MR) is 110 cm³/mol. The minimum atomic E-state index is 0.863. The van der Waals surface area contributed by atoms with E-state index in [0.717, 1.165) is 5.92 Å². The molecule has 0 saturated carbocycles. The Hall–Kier alpha value is -0.790. The highest BCUT2D eigenvalue weighted by Crippen LogP contribution is 2.11. The van der Waals surface area contributed by atoms with Crippen LogP contribution in [0.25, 0.3) is 0 Å². The van der Waals surface area contributed by atoms with Gasteiger partial charge in [0, 0.05) is 6.42 Å². The molecule has 25 heavy (non-hydrogen) atoms. The molecule has 0 aliphatic rings. The summed E-state index contributed by atoms with van der Waals surface area (Å²) in [7, 11) is 0. The van der Waals surface area contributed by atoms with Crippen LogP contribution in [0.3, 0.4) is 0 Å². The Morgan fingerprint density at radius 3 is 2.08 bits per heavy atom. The van der Waals surface area contributed by atoms with Crippen molar-refractivity contribution in [1.82, 2.24) is 4.98 Å². The number of aromatic amines is 1. The van der Waals surface area contributed by atoms with Gasteiger partial charge in [-0.1, -0.05) is 91.4 Å². The molecule has 2 heteroatoms. The van der Waals surface area contributed by atoms with Crippen LogP contribution in [-0.2, 0) is 13.0 Å². The lowest BCUT2D eigenvalue weighted by atomic mass is 10.0. The van der Waals surface area contributed by atoms with E-state index < -0.39 is 0 Å². The zero-order valence-electron chi connectivity index (χ0n) is 17.5. The van der Waals surface area contributed by atoms with Crippen LogP contribution in [0.2, 0.25) is 0 Å².